The molecule has 5 rings (SSSR count). The van der Waals surface area contributed by atoms with Crippen molar-refractivity contribution in [2.45, 2.75) is 18.9 Å². The summed E-state index contributed by atoms with van der Waals surface area (Å²) in [5.41, 5.74) is 1.46. The number of aromatic nitrogens is 1. The maximum atomic E-state index is 13.6. The molecular weight excluding hydrogens is 434 g/mol. The van der Waals surface area contributed by atoms with Crippen LogP contribution in [0.1, 0.15) is 28.8 Å². The number of para-hydroxylation sites is 1. The monoisotopic (exact) mass is 457 g/mol. The molecule has 0 spiro atoms. The maximum Gasteiger partial charge on any atom is 0.256 e. The summed E-state index contributed by atoms with van der Waals surface area (Å²) in [4.78, 5) is 42.2. The fraction of sp³-hybridized carbons (Fsp3) is 0.192. The van der Waals surface area contributed by atoms with Crippen molar-refractivity contribution < 1.29 is 9.59 Å². The molecule has 166 valence electrons. The largest absolute Gasteiger partial charge is 0.316 e. The smallest absolute Gasteiger partial charge is 0.256 e. The number of pyridine rings is 1. The van der Waals surface area contributed by atoms with Gasteiger partial charge in [0.15, 0.2) is 5.78 Å². The number of likely N-dealkylation sites (N-methyl/N-ethyl adjacent to an activating group) is 1. The van der Waals surface area contributed by atoms with Gasteiger partial charge in [-0.15, -0.1) is 0 Å². The number of hydrogen-bond donors (Lipinski definition) is 1. The van der Waals surface area contributed by atoms with Crippen LogP contribution in [0.5, 0.6) is 0 Å². The molecule has 0 bridgehead atoms. The number of carbonyl (C=O) groups is 2. The van der Waals surface area contributed by atoms with Crippen LogP contribution in [0.4, 0.5) is 5.00 Å². The van der Waals surface area contributed by atoms with Gasteiger partial charge in [0.05, 0.1) is 17.3 Å². The van der Waals surface area contributed by atoms with Crippen LogP contribution in [0.15, 0.2) is 77.6 Å². The second-order valence-corrected chi connectivity index (χ2v) is 9.19. The molecule has 1 atom stereocenters. The Morgan fingerprint density at radius 1 is 0.970 bits per heavy atom. The van der Waals surface area contributed by atoms with E-state index < -0.39 is 0 Å². The fourth-order valence-electron chi connectivity index (χ4n) is 4.39. The highest BCUT2D eigenvalue weighted by Gasteiger charge is 2.30. The lowest BCUT2D eigenvalue weighted by atomic mass is 10.0. The van der Waals surface area contributed by atoms with Gasteiger partial charge >= 0.3 is 0 Å². The number of nitrogens with zero attached hydrogens (tertiary/aromatic N) is 2. The van der Waals surface area contributed by atoms with Crippen LogP contribution < -0.4 is 10.9 Å². The van der Waals surface area contributed by atoms with Crippen molar-refractivity contribution in [3.63, 3.8) is 0 Å². The summed E-state index contributed by atoms with van der Waals surface area (Å²) in [6, 6.07) is 21.2. The maximum absolute atomic E-state index is 13.6. The average molecular weight is 458 g/mol. The van der Waals surface area contributed by atoms with Gasteiger partial charge in [0.2, 0.25) is 5.91 Å². The van der Waals surface area contributed by atoms with Gasteiger partial charge in [-0.2, -0.15) is 0 Å². The molecule has 7 heteroatoms. The topological polar surface area (TPSA) is 71.4 Å². The number of nitrogens with one attached hydrogen (secondary N) is 1. The highest BCUT2D eigenvalue weighted by atomic mass is 32.1. The number of hydrogen-bond acceptors (Lipinski definition) is 5. The van der Waals surface area contributed by atoms with Crippen LogP contribution in [0.25, 0.3) is 15.9 Å². The molecule has 1 aliphatic rings. The summed E-state index contributed by atoms with van der Waals surface area (Å²) in [5, 5.41) is 4.14. The standard InChI is InChI=1S/C26H23N3O3S/c1-28-16-8-13-20(28)24(32)27-25-22(23(31)17-9-4-2-5-10-17)19-14-15-21(30)29(26(19)33-25)18-11-6-3-7-12-18/h2-7,9-12,14-15,20H,8,13,16H2,1H3,(H,27,32)/t20-/m0/s1. The minimum absolute atomic E-state index is 0.128. The Morgan fingerprint density at radius 3 is 2.33 bits per heavy atom. The van der Waals surface area contributed by atoms with E-state index in [2.05, 4.69) is 5.32 Å². The summed E-state index contributed by atoms with van der Waals surface area (Å²) >= 11 is 1.26. The van der Waals surface area contributed by atoms with Gasteiger partial charge in [-0.1, -0.05) is 59.9 Å². The summed E-state index contributed by atoms with van der Waals surface area (Å²) in [5.74, 6) is -0.313. The number of carbonyl (C=O) groups excluding carboxylic acids is 2. The van der Waals surface area contributed by atoms with Crippen molar-refractivity contribution in [3.8, 4) is 5.69 Å². The highest BCUT2D eigenvalue weighted by molar-refractivity contribution is 7.23. The van der Waals surface area contributed by atoms with Crippen molar-refractivity contribution in [3.05, 3.63) is 94.3 Å². The zero-order chi connectivity index (χ0) is 22.9. The Kier molecular flexibility index (Phi) is 5.66. The summed E-state index contributed by atoms with van der Waals surface area (Å²) < 4.78 is 1.60. The Labute approximate surface area is 195 Å². The summed E-state index contributed by atoms with van der Waals surface area (Å²) in [7, 11) is 1.94. The Bertz CT molecular complexity index is 1390. The first kappa shape index (κ1) is 21.3. The Hall–Kier alpha value is -3.55. The third kappa shape index (κ3) is 3.90. The molecule has 1 N–H and O–H groups in total. The van der Waals surface area contributed by atoms with E-state index in [9.17, 15) is 14.4 Å². The lowest BCUT2D eigenvalue weighted by molar-refractivity contribution is -0.119. The van der Waals surface area contributed by atoms with Crippen LogP contribution in [-0.4, -0.2) is 40.8 Å². The van der Waals surface area contributed by atoms with E-state index >= 15 is 0 Å². The lowest BCUT2D eigenvalue weighted by Gasteiger charge is -2.18. The number of rotatable bonds is 5. The molecule has 1 saturated heterocycles. The van der Waals surface area contributed by atoms with Gasteiger partial charge in [0.25, 0.3) is 5.56 Å². The molecule has 1 aliphatic heterocycles. The number of thiophene rings is 1. The van der Waals surface area contributed by atoms with Gasteiger partial charge in [0, 0.05) is 17.0 Å². The van der Waals surface area contributed by atoms with Crippen molar-refractivity contribution in [1.29, 1.82) is 0 Å². The molecule has 0 aliphatic carbocycles. The van der Waals surface area contributed by atoms with Gasteiger partial charge in [-0.25, -0.2) is 0 Å². The van der Waals surface area contributed by atoms with E-state index in [4.69, 9.17) is 0 Å². The molecule has 1 fully saturated rings. The van der Waals surface area contributed by atoms with Gasteiger partial charge in [0.1, 0.15) is 9.83 Å². The van der Waals surface area contributed by atoms with Crippen LogP contribution in [0.3, 0.4) is 0 Å². The molecule has 0 saturated carbocycles. The molecule has 33 heavy (non-hydrogen) atoms. The summed E-state index contributed by atoms with van der Waals surface area (Å²) in [6.45, 7) is 0.869. The van der Waals surface area contributed by atoms with E-state index in [1.54, 1.807) is 22.8 Å². The molecule has 0 radical (unpaired) electrons. The Balaban J connectivity index is 1.70. The number of anilines is 1. The molecule has 6 nitrogen and oxygen atoms in total. The molecule has 1 amide bonds. The molecule has 4 aromatic rings. The van der Waals surface area contributed by atoms with Gasteiger partial charge in [-0.05, 0) is 44.6 Å². The van der Waals surface area contributed by atoms with Crippen LogP contribution in [0, 0.1) is 0 Å². The van der Waals surface area contributed by atoms with Gasteiger partial charge < -0.3 is 5.32 Å². The predicted molar refractivity (Wildman–Crippen MR) is 132 cm³/mol. The fourth-order valence-corrected chi connectivity index (χ4v) is 5.60. The summed E-state index contributed by atoms with van der Waals surface area (Å²) in [6.07, 6.45) is 1.74. The minimum atomic E-state index is -0.230. The average Bonchev–Trinajstić information content (AvgIpc) is 3.42. The number of fused-ring (bicyclic) bond motifs is 1. The van der Waals surface area contributed by atoms with Crippen LogP contribution in [-0.2, 0) is 4.79 Å². The lowest BCUT2D eigenvalue weighted by Crippen LogP contribution is -2.37. The van der Waals surface area contributed by atoms with E-state index in [0.29, 0.717) is 32.0 Å². The van der Waals surface area contributed by atoms with Crippen LogP contribution >= 0.6 is 11.3 Å². The molecule has 3 heterocycles. The van der Waals surface area contributed by atoms with Crippen molar-refractivity contribution in [1.82, 2.24) is 9.47 Å². The second kappa shape index (κ2) is 8.77. The van der Waals surface area contributed by atoms with E-state index in [1.807, 2.05) is 60.5 Å². The minimum Gasteiger partial charge on any atom is -0.316 e. The van der Waals surface area contributed by atoms with E-state index in [0.717, 1.165) is 19.4 Å². The van der Waals surface area contributed by atoms with E-state index in [-0.39, 0.29) is 23.3 Å². The first-order chi connectivity index (χ1) is 16.0. The first-order valence-corrected chi connectivity index (χ1v) is 11.7. The molecular formula is C26H23N3O3S. The third-order valence-electron chi connectivity index (χ3n) is 6.08. The number of likely N-dealkylation sites (tertiary alicyclic amines) is 1. The molecule has 2 aromatic heterocycles. The normalized spacial score (nSPS) is 16.2. The van der Waals surface area contributed by atoms with Crippen LogP contribution in [0.2, 0.25) is 0 Å². The quantitative estimate of drug-likeness (QED) is 0.453. The number of amides is 1. The zero-order valence-corrected chi connectivity index (χ0v) is 19.0. The molecule has 2 aromatic carbocycles. The number of benzene rings is 2. The van der Waals surface area contributed by atoms with Crippen molar-refractivity contribution in [2.24, 2.45) is 0 Å². The first-order valence-electron chi connectivity index (χ1n) is 10.9. The molecule has 0 unspecified atom stereocenters. The second-order valence-electron chi connectivity index (χ2n) is 8.19. The predicted octanol–water partition coefficient (Wildman–Crippen LogP) is 4.32. The SMILES string of the molecule is CN1CCC[C@H]1C(=O)Nc1sc2c(ccc(=O)n2-c2ccccc2)c1C(=O)c1ccccc1. The highest BCUT2D eigenvalue weighted by Crippen LogP contribution is 2.38. The number of ketones is 1. The Morgan fingerprint density at radius 2 is 1.67 bits per heavy atom. The van der Waals surface area contributed by atoms with Crippen molar-refractivity contribution >= 4 is 38.2 Å². The van der Waals surface area contributed by atoms with E-state index in [1.165, 1.54) is 17.4 Å². The van der Waals surface area contributed by atoms with Crippen molar-refractivity contribution in [2.75, 3.05) is 18.9 Å². The third-order valence-corrected chi connectivity index (χ3v) is 7.18. The van der Waals surface area contributed by atoms with Gasteiger partial charge in [-0.3, -0.25) is 23.9 Å². The zero-order valence-electron chi connectivity index (χ0n) is 18.2.